The van der Waals surface area contributed by atoms with Gasteiger partial charge in [-0.25, -0.2) is 4.39 Å². The molecule has 1 aromatic heterocycles. The lowest BCUT2D eigenvalue weighted by atomic mass is 9.89. The SMILES string of the molecule is Cc1cc2[nH]c(C)c(C(=O)C(=O)N(C)C)c2cc1C(=O)N1CCC(Cc2ccc(F)cc2)CC1. The van der Waals surface area contributed by atoms with Crippen molar-refractivity contribution in [3.05, 3.63) is 70.2 Å². The minimum Gasteiger partial charge on any atom is -0.358 e. The van der Waals surface area contributed by atoms with Gasteiger partial charge < -0.3 is 14.8 Å². The van der Waals surface area contributed by atoms with E-state index in [1.165, 1.54) is 17.0 Å². The smallest absolute Gasteiger partial charge is 0.294 e. The number of amides is 2. The van der Waals surface area contributed by atoms with Crippen molar-refractivity contribution in [3.63, 3.8) is 0 Å². The fraction of sp³-hybridized carbons (Fsp3) is 0.370. The maximum Gasteiger partial charge on any atom is 0.294 e. The molecule has 0 spiro atoms. The van der Waals surface area contributed by atoms with Gasteiger partial charge in [0.1, 0.15) is 5.82 Å². The molecule has 2 amide bonds. The van der Waals surface area contributed by atoms with Gasteiger partial charge in [-0.05, 0) is 74.4 Å². The summed E-state index contributed by atoms with van der Waals surface area (Å²) in [6.07, 6.45) is 2.64. The van der Waals surface area contributed by atoms with Crippen LogP contribution in [0.25, 0.3) is 10.9 Å². The molecule has 178 valence electrons. The minimum atomic E-state index is -0.597. The lowest BCUT2D eigenvalue weighted by molar-refractivity contribution is -0.124. The number of carbonyl (C=O) groups is 3. The lowest BCUT2D eigenvalue weighted by Gasteiger charge is -2.32. The van der Waals surface area contributed by atoms with Gasteiger partial charge >= 0.3 is 0 Å². The standard InChI is InChI=1S/C27H30FN3O3/c1-16-13-23-22(24(17(2)29-23)25(32)27(34)30(3)4)15-21(16)26(33)31-11-9-19(10-12-31)14-18-5-7-20(28)8-6-18/h5-8,13,15,19,29H,9-12,14H2,1-4H3. The zero-order valence-electron chi connectivity index (χ0n) is 20.1. The first-order valence-electron chi connectivity index (χ1n) is 11.6. The number of hydrogen-bond acceptors (Lipinski definition) is 3. The first-order valence-corrected chi connectivity index (χ1v) is 11.6. The number of carbonyl (C=O) groups excluding carboxylic acids is 3. The van der Waals surface area contributed by atoms with Crippen molar-refractivity contribution in [1.82, 2.24) is 14.8 Å². The summed E-state index contributed by atoms with van der Waals surface area (Å²) in [5, 5.41) is 0.595. The second-order valence-electron chi connectivity index (χ2n) is 9.43. The number of halogens is 1. The summed E-state index contributed by atoms with van der Waals surface area (Å²) in [6.45, 7) is 4.95. The van der Waals surface area contributed by atoms with Crippen molar-refractivity contribution in [2.24, 2.45) is 5.92 Å². The molecular weight excluding hydrogens is 433 g/mol. The second-order valence-corrected chi connectivity index (χ2v) is 9.43. The Labute approximate surface area is 198 Å². The van der Waals surface area contributed by atoms with Gasteiger partial charge in [-0.1, -0.05) is 12.1 Å². The predicted octanol–water partition coefficient (Wildman–Crippen LogP) is 4.29. The Hall–Kier alpha value is -3.48. The molecule has 0 unspecified atom stereocenters. The van der Waals surface area contributed by atoms with Crippen molar-refractivity contribution in [1.29, 1.82) is 0 Å². The maximum absolute atomic E-state index is 13.4. The van der Waals surface area contributed by atoms with Gasteiger partial charge in [0.05, 0.1) is 5.56 Å². The zero-order chi connectivity index (χ0) is 24.6. The highest BCUT2D eigenvalue weighted by molar-refractivity contribution is 6.45. The molecule has 2 heterocycles. The third kappa shape index (κ3) is 4.60. The number of nitrogens with zero attached hydrogens (tertiary/aromatic N) is 2. The summed E-state index contributed by atoms with van der Waals surface area (Å²) >= 11 is 0. The van der Waals surface area contributed by atoms with Crippen molar-refractivity contribution in [2.75, 3.05) is 27.2 Å². The highest BCUT2D eigenvalue weighted by atomic mass is 19.1. The maximum atomic E-state index is 13.4. The molecule has 0 atom stereocenters. The molecule has 0 radical (unpaired) electrons. The number of nitrogens with one attached hydrogen (secondary N) is 1. The van der Waals surface area contributed by atoms with Crippen LogP contribution in [0.4, 0.5) is 4.39 Å². The van der Waals surface area contributed by atoms with E-state index < -0.39 is 11.7 Å². The number of fused-ring (bicyclic) bond motifs is 1. The van der Waals surface area contributed by atoms with E-state index in [1.54, 1.807) is 27.1 Å². The van der Waals surface area contributed by atoms with Crippen molar-refractivity contribution in [2.45, 2.75) is 33.1 Å². The van der Waals surface area contributed by atoms with Gasteiger partial charge in [0.25, 0.3) is 17.6 Å². The molecule has 1 N–H and O–H groups in total. The van der Waals surface area contributed by atoms with E-state index in [4.69, 9.17) is 0 Å². The van der Waals surface area contributed by atoms with Crippen LogP contribution in [0, 0.1) is 25.6 Å². The molecule has 0 saturated carbocycles. The van der Waals surface area contributed by atoms with Crippen LogP contribution in [0.3, 0.4) is 0 Å². The first-order chi connectivity index (χ1) is 16.2. The molecule has 34 heavy (non-hydrogen) atoms. The number of H-pyrrole nitrogens is 1. The minimum absolute atomic E-state index is 0.0594. The third-order valence-electron chi connectivity index (χ3n) is 6.73. The molecule has 1 saturated heterocycles. The van der Waals surface area contributed by atoms with Gasteiger partial charge in [-0.15, -0.1) is 0 Å². The number of hydrogen-bond donors (Lipinski definition) is 1. The van der Waals surface area contributed by atoms with Crippen molar-refractivity contribution < 1.29 is 18.8 Å². The number of likely N-dealkylation sites (tertiary alicyclic amines) is 1. The molecule has 2 aromatic carbocycles. The van der Waals surface area contributed by atoms with E-state index in [0.29, 0.717) is 41.2 Å². The number of aromatic amines is 1. The number of ketones is 1. The van der Waals surface area contributed by atoms with E-state index in [9.17, 15) is 18.8 Å². The fourth-order valence-corrected chi connectivity index (χ4v) is 4.78. The summed E-state index contributed by atoms with van der Waals surface area (Å²) in [6, 6.07) is 10.2. The van der Waals surface area contributed by atoms with E-state index >= 15 is 0 Å². The lowest BCUT2D eigenvalue weighted by Crippen LogP contribution is -2.39. The number of benzene rings is 2. The van der Waals surface area contributed by atoms with Gasteiger partial charge in [-0.3, -0.25) is 14.4 Å². The number of aromatic nitrogens is 1. The van der Waals surface area contributed by atoms with Crippen LogP contribution in [0.5, 0.6) is 0 Å². The van der Waals surface area contributed by atoms with E-state index in [2.05, 4.69) is 4.98 Å². The summed E-state index contributed by atoms with van der Waals surface area (Å²) < 4.78 is 13.2. The normalized spacial score (nSPS) is 14.4. The van der Waals surface area contributed by atoms with Crippen LogP contribution in [0.1, 0.15) is 50.4 Å². The average Bonchev–Trinajstić information content (AvgIpc) is 3.13. The molecule has 0 bridgehead atoms. The third-order valence-corrected chi connectivity index (χ3v) is 6.73. The summed E-state index contributed by atoms with van der Waals surface area (Å²) in [4.78, 5) is 44.9. The van der Waals surface area contributed by atoms with Gasteiger partial charge in [0.2, 0.25) is 0 Å². The van der Waals surface area contributed by atoms with Gasteiger partial charge in [-0.2, -0.15) is 0 Å². The van der Waals surface area contributed by atoms with Crippen LogP contribution < -0.4 is 0 Å². The van der Waals surface area contributed by atoms with Gasteiger partial charge in [0.15, 0.2) is 0 Å². The topological polar surface area (TPSA) is 73.5 Å². The van der Waals surface area contributed by atoms with Crippen LogP contribution in [-0.4, -0.2) is 59.6 Å². The quantitative estimate of drug-likeness (QED) is 0.453. The number of piperidine rings is 1. The highest BCUT2D eigenvalue weighted by Gasteiger charge is 2.28. The van der Waals surface area contributed by atoms with Gasteiger partial charge in [0, 0.05) is 49.3 Å². The Morgan fingerprint density at radius 1 is 1.06 bits per heavy atom. The van der Waals surface area contributed by atoms with Crippen LogP contribution in [0.15, 0.2) is 36.4 Å². The Balaban J connectivity index is 1.53. The average molecular weight is 464 g/mol. The highest BCUT2D eigenvalue weighted by Crippen LogP contribution is 2.29. The molecule has 7 heteroatoms. The summed E-state index contributed by atoms with van der Waals surface area (Å²) in [5.41, 5.74) is 4.15. The molecule has 0 aliphatic carbocycles. The van der Waals surface area contributed by atoms with E-state index in [1.807, 2.05) is 30.0 Å². The van der Waals surface area contributed by atoms with E-state index in [-0.39, 0.29) is 11.7 Å². The number of likely N-dealkylation sites (N-methyl/N-ethyl adjacent to an activating group) is 1. The summed E-state index contributed by atoms with van der Waals surface area (Å²) in [7, 11) is 3.09. The molecule has 3 aromatic rings. The fourth-order valence-electron chi connectivity index (χ4n) is 4.78. The molecule has 1 aliphatic heterocycles. The zero-order valence-corrected chi connectivity index (χ0v) is 20.1. The van der Waals surface area contributed by atoms with Crippen molar-refractivity contribution in [3.8, 4) is 0 Å². The van der Waals surface area contributed by atoms with Crippen molar-refractivity contribution >= 4 is 28.5 Å². The second kappa shape index (κ2) is 9.41. The molecule has 6 nitrogen and oxygen atoms in total. The number of aryl methyl sites for hydroxylation is 2. The Bertz CT molecular complexity index is 1250. The van der Waals surface area contributed by atoms with E-state index in [0.717, 1.165) is 35.9 Å². The number of rotatable bonds is 5. The molecule has 1 aliphatic rings. The molecule has 4 rings (SSSR count). The van der Waals surface area contributed by atoms with Crippen LogP contribution in [-0.2, 0) is 11.2 Å². The van der Waals surface area contributed by atoms with Crippen LogP contribution in [0.2, 0.25) is 0 Å². The Morgan fingerprint density at radius 2 is 1.71 bits per heavy atom. The first kappa shape index (κ1) is 23.7. The largest absolute Gasteiger partial charge is 0.358 e. The molecular formula is C27H30FN3O3. The molecule has 1 fully saturated rings. The Kier molecular flexibility index (Phi) is 6.55. The number of Topliss-reactive ketones (excluding diaryl/α,β-unsaturated/α-hetero) is 1. The van der Waals surface area contributed by atoms with Crippen LogP contribution >= 0.6 is 0 Å². The summed E-state index contributed by atoms with van der Waals surface area (Å²) in [5.74, 6) is -1.02. The monoisotopic (exact) mass is 463 g/mol. The predicted molar refractivity (Wildman–Crippen MR) is 130 cm³/mol. The Morgan fingerprint density at radius 3 is 2.32 bits per heavy atom.